The Hall–Kier alpha value is -2.95. The van der Waals surface area contributed by atoms with E-state index in [-0.39, 0.29) is 11.9 Å². The molecule has 0 radical (unpaired) electrons. The van der Waals surface area contributed by atoms with Gasteiger partial charge in [-0.15, -0.1) is 0 Å². The number of amides is 3. The van der Waals surface area contributed by atoms with Crippen LogP contribution in [-0.2, 0) is 11.2 Å². The number of nitrogens with one attached hydrogen (secondary N) is 1. The second-order valence-electron chi connectivity index (χ2n) is 8.11. The predicted molar refractivity (Wildman–Crippen MR) is 110 cm³/mol. The van der Waals surface area contributed by atoms with Crippen molar-refractivity contribution in [1.29, 1.82) is 0 Å². The number of fused-ring (bicyclic) bond motifs is 1. The van der Waals surface area contributed by atoms with Crippen molar-refractivity contribution >= 4 is 17.7 Å². The normalized spacial score (nSPS) is 22.3. The number of hydrogen-bond acceptors (Lipinski definition) is 3. The van der Waals surface area contributed by atoms with Crippen LogP contribution >= 0.6 is 0 Å². The quantitative estimate of drug-likeness (QED) is 0.794. The van der Waals surface area contributed by atoms with E-state index in [0.717, 1.165) is 29.7 Å². The highest BCUT2D eigenvalue weighted by molar-refractivity contribution is 6.22. The van der Waals surface area contributed by atoms with Crippen molar-refractivity contribution < 1.29 is 14.4 Å². The zero-order chi connectivity index (χ0) is 20.4. The molecule has 0 saturated heterocycles. The van der Waals surface area contributed by atoms with Gasteiger partial charge in [0.05, 0.1) is 11.1 Å². The fourth-order valence-corrected chi connectivity index (χ4v) is 4.44. The van der Waals surface area contributed by atoms with Crippen LogP contribution < -0.4 is 5.32 Å². The molecule has 1 heterocycles. The summed E-state index contributed by atoms with van der Waals surface area (Å²) in [6.45, 7) is 2.15. The molecule has 1 aliphatic heterocycles. The molecule has 0 bridgehead atoms. The molecule has 1 fully saturated rings. The first-order valence-electron chi connectivity index (χ1n) is 10.4. The SMILES string of the molecule is C[C@@H]1CCCC[C@@H]1NC(=O)[C@H](Cc1ccccc1)N1C(=O)c2ccccc2C1=O. The monoisotopic (exact) mass is 390 g/mol. The Kier molecular flexibility index (Phi) is 5.47. The number of hydrogen-bond donors (Lipinski definition) is 1. The molecule has 2 aromatic carbocycles. The van der Waals surface area contributed by atoms with E-state index in [2.05, 4.69) is 12.2 Å². The first-order chi connectivity index (χ1) is 14.1. The largest absolute Gasteiger partial charge is 0.351 e. The minimum absolute atomic E-state index is 0.0877. The molecule has 4 rings (SSSR count). The molecule has 1 saturated carbocycles. The Morgan fingerprint density at radius 3 is 2.17 bits per heavy atom. The highest BCUT2D eigenvalue weighted by Crippen LogP contribution is 2.28. The number of imide groups is 1. The van der Waals surface area contributed by atoms with Gasteiger partial charge in [0.1, 0.15) is 6.04 Å². The van der Waals surface area contributed by atoms with Crippen molar-refractivity contribution in [2.45, 2.75) is 51.1 Å². The summed E-state index contributed by atoms with van der Waals surface area (Å²) >= 11 is 0. The van der Waals surface area contributed by atoms with Crippen molar-refractivity contribution in [2.75, 3.05) is 0 Å². The number of carbonyl (C=O) groups is 3. The van der Waals surface area contributed by atoms with E-state index < -0.39 is 17.9 Å². The zero-order valence-corrected chi connectivity index (χ0v) is 16.6. The number of carbonyl (C=O) groups excluding carboxylic acids is 3. The molecule has 3 amide bonds. The second kappa shape index (κ2) is 8.19. The third-order valence-corrected chi connectivity index (χ3v) is 6.15. The molecule has 29 heavy (non-hydrogen) atoms. The van der Waals surface area contributed by atoms with Gasteiger partial charge in [-0.3, -0.25) is 19.3 Å². The van der Waals surface area contributed by atoms with Gasteiger partial charge in [-0.1, -0.05) is 62.2 Å². The van der Waals surface area contributed by atoms with E-state index in [1.165, 1.54) is 6.42 Å². The van der Waals surface area contributed by atoms with E-state index in [0.29, 0.717) is 23.5 Å². The Labute approximate surface area is 171 Å². The fourth-order valence-electron chi connectivity index (χ4n) is 4.44. The average Bonchev–Trinajstić information content (AvgIpc) is 2.99. The molecule has 1 aliphatic carbocycles. The van der Waals surface area contributed by atoms with Crippen molar-refractivity contribution in [3.8, 4) is 0 Å². The maximum Gasteiger partial charge on any atom is 0.262 e. The summed E-state index contributed by atoms with van der Waals surface area (Å²) in [5, 5.41) is 3.15. The van der Waals surface area contributed by atoms with Crippen molar-refractivity contribution in [2.24, 2.45) is 5.92 Å². The van der Waals surface area contributed by atoms with Crippen LogP contribution in [0.3, 0.4) is 0 Å². The molecule has 2 aliphatic rings. The summed E-state index contributed by atoms with van der Waals surface area (Å²) in [6.07, 6.45) is 4.60. The summed E-state index contributed by atoms with van der Waals surface area (Å²) in [4.78, 5) is 40.5. The third-order valence-electron chi connectivity index (χ3n) is 6.15. The van der Waals surface area contributed by atoms with E-state index in [1.807, 2.05) is 30.3 Å². The van der Waals surface area contributed by atoms with E-state index in [4.69, 9.17) is 0 Å². The van der Waals surface area contributed by atoms with Gasteiger partial charge in [-0.25, -0.2) is 0 Å². The maximum absolute atomic E-state index is 13.3. The highest BCUT2D eigenvalue weighted by atomic mass is 16.2. The molecular formula is C24H26N2O3. The van der Waals surface area contributed by atoms with Gasteiger partial charge in [0.15, 0.2) is 0 Å². The first-order valence-corrected chi connectivity index (χ1v) is 10.4. The molecule has 5 nitrogen and oxygen atoms in total. The van der Waals surface area contributed by atoms with Crippen LogP contribution in [0.25, 0.3) is 0 Å². The van der Waals surface area contributed by atoms with Crippen molar-refractivity contribution in [3.05, 3.63) is 71.3 Å². The fraction of sp³-hybridized carbons (Fsp3) is 0.375. The number of nitrogens with zero attached hydrogens (tertiary/aromatic N) is 1. The lowest BCUT2D eigenvalue weighted by atomic mass is 9.85. The lowest BCUT2D eigenvalue weighted by Gasteiger charge is -2.33. The second-order valence-corrected chi connectivity index (χ2v) is 8.11. The topological polar surface area (TPSA) is 66.5 Å². The van der Waals surface area contributed by atoms with Gasteiger partial charge in [0.25, 0.3) is 11.8 Å². The van der Waals surface area contributed by atoms with Gasteiger partial charge < -0.3 is 5.32 Å². The van der Waals surface area contributed by atoms with Gasteiger partial charge in [-0.05, 0) is 36.5 Å². The zero-order valence-electron chi connectivity index (χ0n) is 16.6. The minimum atomic E-state index is -0.862. The van der Waals surface area contributed by atoms with Gasteiger partial charge in [0, 0.05) is 12.5 Å². The van der Waals surface area contributed by atoms with Crippen LogP contribution in [0.2, 0.25) is 0 Å². The Bertz CT molecular complexity index is 890. The van der Waals surface area contributed by atoms with Gasteiger partial charge in [0.2, 0.25) is 5.91 Å². The smallest absolute Gasteiger partial charge is 0.262 e. The average molecular weight is 390 g/mol. The van der Waals surface area contributed by atoms with Gasteiger partial charge >= 0.3 is 0 Å². The third kappa shape index (κ3) is 3.82. The maximum atomic E-state index is 13.3. The minimum Gasteiger partial charge on any atom is -0.351 e. The van der Waals surface area contributed by atoms with Crippen LogP contribution in [0.5, 0.6) is 0 Å². The summed E-state index contributed by atoms with van der Waals surface area (Å²) < 4.78 is 0. The summed E-state index contributed by atoms with van der Waals surface area (Å²) in [5.74, 6) is -0.633. The van der Waals surface area contributed by atoms with Crippen LogP contribution in [0.4, 0.5) is 0 Å². The highest BCUT2D eigenvalue weighted by Gasteiger charge is 2.43. The standard InChI is InChI=1S/C24H26N2O3/c1-16-9-5-8-14-20(16)25-22(27)21(15-17-10-3-2-4-11-17)26-23(28)18-12-6-7-13-19(18)24(26)29/h2-4,6-7,10-13,16,20-21H,5,8-9,14-15H2,1H3,(H,25,27)/t16-,20+,21+/m1/s1. The molecule has 1 N–H and O–H groups in total. The Morgan fingerprint density at radius 1 is 0.966 bits per heavy atom. The van der Waals surface area contributed by atoms with Crippen molar-refractivity contribution in [1.82, 2.24) is 10.2 Å². The van der Waals surface area contributed by atoms with Gasteiger partial charge in [-0.2, -0.15) is 0 Å². The molecule has 2 aromatic rings. The predicted octanol–water partition coefficient (Wildman–Crippen LogP) is 3.59. The first kappa shape index (κ1) is 19.4. The molecular weight excluding hydrogens is 364 g/mol. The molecule has 0 unspecified atom stereocenters. The van der Waals surface area contributed by atoms with Crippen LogP contribution in [0, 0.1) is 5.92 Å². The Balaban J connectivity index is 1.63. The van der Waals surface area contributed by atoms with E-state index in [9.17, 15) is 14.4 Å². The van der Waals surface area contributed by atoms with Crippen LogP contribution in [0.1, 0.15) is 58.9 Å². The molecule has 0 spiro atoms. The van der Waals surface area contributed by atoms with Crippen molar-refractivity contribution in [3.63, 3.8) is 0 Å². The van der Waals surface area contributed by atoms with Crippen LogP contribution in [-0.4, -0.2) is 34.7 Å². The number of rotatable bonds is 5. The molecule has 0 aromatic heterocycles. The summed E-state index contributed by atoms with van der Waals surface area (Å²) in [6, 6.07) is 15.5. The molecule has 3 atom stereocenters. The molecule has 5 heteroatoms. The lowest BCUT2D eigenvalue weighted by molar-refractivity contribution is -0.126. The van der Waals surface area contributed by atoms with E-state index >= 15 is 0 Å². The summed E-state index contributed by atoms with van der Waals surface area (Å²) in [7, 11) is 0. The van der Waals surface area contributed by atoms with Crippen LogP contribution in [0.15, 0.2) is 54.6 Å². The molecule has 150 valence electrons. The number of benzene rings is 2. The lowest BCUT2D eigenvalue weighted by Crippen LogP contribution is -2.54. The Morgan fingerprint density at radius 2 is 1.55 bits per heavy atom. The van der Waals surface area contributed by atoms with E-state index in [1.54, 1.807) is 24.3 Å². The summed E-state index contributed by atoms with van der Waals surface area (Å²) in [5.41, 5.74) is 1.66.